The van der Waals surface area contributed by atoms with E-state index in [1.165, 1.54) is 23.1 Å². The van der Waals surface area contributed by atoms with Crippen LogP contribution in [0.1, 0.15) is 29.7 Å². The lowest BCUT2D eigenvalue weighted by atomic mass is 10.0. The standard InChI is InChI=1S/C12H16ClN/c1-7-4-9(13)6-11-10(7)5-8(2)12(11)14-3/h4,6,8,12,14H,5H2,1-3H3. The van der Waals surface area contributed by atoms with Crippen molar-refractivity contribution in [2.45, 2.75) is 26.3 Å². The molecule has 0 amide bonds. The Labute approximate surface area is 90.5 Å². The van der Waals surface area contributed by atoms with Gasteiger partial charge in [-0.2, -0.15) is 0 Å². The molecule has 2 heteroatoms. The van der Waals surface area contributed by atoms with E-state index >= 15 is 0 Å². The molecular weight excluding hydrogens is 194 g/mol. The first-order valence-electron chi connectivity index (χ1n) is 5.09. The van der Waals surface area contributed by atoms with Gasteiger partial charge in [0.25, 0.3) is 0 Å². The van der Waals surface area contributed by atoms with Crippen molar-refractivity contribution in [1.29, 1.82) is 0 Å². The van der Waals surface area contributed by atoms with E-state index in [1.54, 1.807) is 0 Å². The van der Waals surface area contributed by atoms with Crippen LogP contribution in [0.15, 0.2) is 12.1 Å². The molecule has 2 rings (SSSR count). The molecule has 1 aromatic carbocycles. The maximum atomic E-state index is 6.07. The van der Waals surface area contributed by atoms with E-state index in [-0.39, 0.29) is 0 Å². The molecule has 0 heterocycles. The monoisotopic (exact) mass is 209 g/mol. The Kier molecular flexibility index (Phi) is 2.54. The summed E-state index contributed by atoms with van der Waals surface area (Å²) in [5, 5.41) is 4.22. The van der Waals surface area contributed by atoms with Gasteiger partial charge in [0.05, 0.1) is 0 Å². The molecule has 1 aliphatic rings. The zero-order chi connectivity index (χ0) is 10.3. The molecule has 2 atom stereocenters. The number of nitrogens with one attached hydrogen (secondary N) is 1. The molecule has 0 fully saturated rings. The number of hydrogen-bond donors (Lipinski definition) is 1. The highest BCUT2D eigenvalue weighted by Crippen LogP contribution is 2.38. The Morgan fingerprint density at radius 2 is 2.14 bits per heavy atom. The molecule has 0 spiro atoms. The fraction of sp³-hybridized carbons (Fsp3) is 0.500. The van der Waals surface area contributed by atoms with Crippen molar-refractivity contribution in [3.05, 3.63) is 33.8 Å². The lowest BCUT2D eigenvalue weighted by Crippen LogP contribution is -2.19. The van der Waals surface area contributed by atoms with Crippen LogP contribution in [0.25, 0.3) is 0 Å². The van der Waals surface area contributed by atoms with Gasteiger partial charge in [-0.05, 0) is 55.1 Å². The molecule has 1 N–H and O–H groups in total. The van der Waals surface area contributed by atoms with Crippen molar-refractivity contribution >= 4 is 11.6 Å². The molecule has 0 saturated carbocycles. The fourth-order valence-electron chi connectivity index (χ4n) is 2.54. The zero-order valence-electron chi connectivity index (χ0n) is 8.89. The second kappa shape index (κ2) is 3.56. The van der Waals surface area contributed by atoms with Crippen molar-refractivity contribution in [3.8, 4) is 0 Å². The highest BCUT2D eigenvalue weighted by atomic mass is 35.5. The van der Waals surface area contributed by atoms with Crippen LogP contribution in [-0.4, -0.2) is 7.05 Å². The fourth-order valence-corrected chi connectivity index (χ4v) is 2.82. The number of benzene rings is 1. The van der Waals surface area contributed by atoms with Gasteiger partial charge in [-0.1, -0.05) is 18.5 Å². The largest absolute Gasteiger partial charge is 0.313 e. The highest BCUT2D eigenvalue weighted by molar-refractivity contribution is 6.30. The normalized spacial score (nSPS) is 25.1. The molecule has 1 aliphatic carbocycles. The van der Waals surface area contributed by atoms with Crippen molar-refractivity contribution in [3.63, 3.8) is 0 Å². The third-order valence-electron chi connectivity index (χ3n) is 3.21. The van der Waals surface area contributed by atoms with E-state index in [1.807, 2.05) is 7.05 Å². The topological polar surface area (TPSA) is 12.0 Å². The molecule has 1 aromatic rings. The summed E-state index contributed by atoms with van der Waals surface area (Å²) in [6.07, 6.45) is 1.17. The third kappa shape index (κ3) is 1.45. The summed E-state index contributed by atoms with van der Waals surface area (Å²) in [6.45, 7) is 4.43. The van der Waals surface area contributed by atoms with Crippen LogP contribution in [0.4, 0.5) is 0 Å². The van der Waals surface area contributed by atoms with E-state index in [9.17, 15) is 0 Å². The Balaban J connectivity index is 2.53. The van der Waals surface area contributed by atoms with Gasteiger partial charge < -0.3 is 5.32 Å². The second-order valence-electron chi connectivity index (χ2n) is 4.24. The van der Waals surface area contributed by atoms with Gasteiger partial charge in [0, 0.05) is 11.1 Å². The molecule has 0 radical (unpaired) electrons. The molecule has 1 nitrogen and oxygen atoms in total. The van der Waals surface area contributed by atoms with Gasteiger partial charge in [0.1, 0.15) is 0 Å². The number of halogens is 1. The minimum absolute atomic E-state index is 0.474. The smallest absolute Gasteiger partial charge is 0.0412 e. The van der Waals surface area contributed by atoms with Crippen LogP contribution in [-0.2, 0) is 6.42 Å². The van der Waals surface area contributed by atoms with Crippen LogP contribution >= 0.6 is 11.6 Å². The summed E-state index contributed by atoms with van der Waals surface area (Å²) in [4.78, 5) is 0. The number of rotatable bonds is 1. The average molecular weight is 210 g/mol. The zero-order valence-corrected chi connectivity index (χ0v) is 9.65. The molecule has 0 aliphatic heterocycles. The van der Waals surface area contributed by atoms with Gasteiger partial charge in [0.15, 0.2) is 0 Å². The summed E-state index contributed by atoms with van der Waals surface area (Å²) in [5.41, 5.74) is 4.21. The molecule has 0 aromatic heterocycles. The van der Waals surface area contributed by atoms with Crippen LogP contribution in [0.3, 0.4) is 0 Å². The van der Waals surface area contributed by atoms with Crippen molar-refractivity contribution in [1.82, 2.24) is 5.32 Å². The molecule has 0 saturated heterocycles. The third-order valence-corrected chi connectivity index (χ3v) is 3.43. The van der Waals surface area contributed by atoms with Gasteiger partial charge in [-0.15, -0.1) is 0 Å². The van der Waals surface area contributed by atoms with Gasteiger partial charge in [0.2, 0.25) is 0 Å². The lowest BCUT2D eigenvalue weighted by molar-refractivity contribution is 0.447. The summed E-state index contributed by atoms with van der Waals surface area (Å²) in [5.74, 6) is 0.673. The molecular formula is C12H16ClN. The van der Waals surface area contributed by atoms with Crippen LogP contribution < -0.4 is 5.32 Å². The van der Waals surface area contributed by atoms with E-state index in [4.69, 9.17) is 11.6 Å². The Morgan fingerprint density at radius 1 is 1.43 bits per heavy atom. The van der Waals surface area contributed by atoms with Crippen molar-refractivity contribution in [2.24, 2.45) is 5.92 Å². The first kappa shape index (κ1) is 10.0. The van der Waals surface area contributed by atoms with Crippen molar-refractivity contribution in [2.75, 3.05) is 7.05 Å². The Hall–Kier alpha value is -0.530. The van der Waals surface area contributed by atoms with E-state index in [0.29, 0.717) is 12.0 Å². The summed E-state index contributed by atoms with van der Waals surface area (Å²) < 4.78 is 0. The Morgan fingerprint density at radius 3 is 2.79 bits per heavy atom. The first-order chi connectivity index (χ1) is 6.63. The van der Waals surface area contributed by atoms with Crippen LogP contribution in [0.2, 0.25) is 5.02 Å². The number of fused-ring (bicyclic) bond motifs is 1. The number of aryl methyl sites for hydroxylation is 1. The van der Waals surface area contributed by atoms with Gasteiger partial charge >= 0.3 is 0 Å². The summed E-state index contributed by atoms with van der Waals surface area (Å²) in [7, 11) is 2.02. The van der Waals surface area contributed by atoms with Gasteiger partial charge in [-0.3, -0.25) is 0 Å². The van der Waals surface area contributed by atoms with E-state index in [2.05, 4.69) is 31.3 Å². The van der Waals surface area contributed by atoms with E-state index < -0.39 is 0 Å². The van der Waals surface area contributed by atoms with Crippen molar-refractivity contribution < 1.29 is 0 Å². The molecule has 14 heavy (non-hydrogen) atoms. The van der Waals surface area contributed by atoms with Gasteiger partial charge in [-0.25, -0.2) is 0 Å². The summed E-state index contributed by atoms with van der Waals surface area (Å²) in [6, 6.07) is 4.64. The maximum absolute atomic E-state index is 6.07. The molecule has 2 unspecified atom stereocenters. The van der Waals surface area contributed by atoms with Crippen LogP contribution in [0, 0.1) is 12.8 Å². The second-order valence-corrected chi connectivity index (χ2v) is 4.67. The molecule has 0 bridgehead atoms. The maximum Gasteiger partial charge on any atom is 0.0412 e. The predicted molar refractivity (Wildman–Crippen MR) is 60.9 cm³/mol. The Bertz CT molecular complexity index is 360. The van der Waals surface area contributed by atoms with Crippen LogP contribution in [0.5, 0.6) is 0 Å². The minimum Gasteiger partial charge on any atom is -0.313 e. The highest BCUT2D eigenvalue weighted by Gasteiger charge is 2.29. The lowest BCUT2D eigenvalue weighted by Gasteiger charge is -2.15. The van der Waals surface area contributed by atoms with E-state index in [0.717, 1.165) is 5.02 Å². The number of hydrogen-bond acceptors (Lipinski definition) is 1. The predicted octanol–water partition coefficient (Wildman–Crippen LogP) is 3.10. The summed E-state index contributed by atoms with van der Waals surface area (Å²) >= 11 is 6.07. The average Bonchev–Trinajstić information content (AvgIpc) is 2.41. The SMILES string of the molecule is CNC1c2cc(Cl)cc(C)c2CC1C. The first-order valence-corrected chi connectivity index (χ1v) is 5.47. The quantitative estimate of drug-likeness (QED) is 0.750. The minimum atomic E-state index is 0.474. The molecule has 76 valence electrons.